The second-order valence-corrected chi connectivity index (χ2v) is 6.26. The summed E-state index contributed by atoms with van der Waals surface area (Å²) in [5, 5.41) is 7.91. The van der Waals surface area contributed by atoms with Crippen molar-refractivity contribution in [2.45, 2.75) is 59.3 Å². The van der Waals surface area contributed by atoms with Gasteiger partial charge in [0, 0.05) is 31.2 Å². The molecule has 2 unspecified atom stereocenters. The monoisotopic (exact) mass is 265 g/mol. The van der Waals surface area contributed by atoms with Crippen LogP contribution in [0.1, 0.15) is 46.5 Å². The van der Waals surface area contributed by atoms with Crippen LogP contribution in [-0.4, -0.2) is 44.8 Å². The van der Waals surface area contributed by atoms with Crippen LogP contribution in [0.2, 0.25) is 0 Å². The molecular formula is C14H27N5. The fourth-order valence-corrected chi connectivity index (χ4v) is 2.84. The van der Waals surface area contributed by atoms with Gasteiger partial charge in [0.25, 0.3) is 0 Å². The number of nitrogens with zero attached hydrogens (tertiary/aromatic N) is 4. The second-order valence-electron chi connectivity index (χ2n) is 6.26. The Morgan fingerprint density at radius 1 is 1.37 bits per heavy atom. The molecule has 1 aromatic heterocycles. The van der Waals surface area contributed by atoms with E-state index in [-0.39, 0.29) is 0 Å². The van der Waals surface area contributed by atoms with Crippen molar-refractivity contribution in [3.05, 3.63) is 12.2 Å². The van der Waals surface area contributed by atoms with Gasteiger partial charge in [-0.2, -0.15) is 5.10 Å². The molecule has 0 amide bonds. The second kappa shape index (κ2) is 6.01. The van der Waals surface area contributed by atoms with Crippen molar-refractivity contribution in [2.75, 3.05) is 13.1 Å². The van der Waals surface area contributed by atoms with E-state index >= 15 is 0 Å². The summed E-state index contributed by atoms with van der Waals surface area (Å²) < 4.78 is 2.03. The number of hydrogen-bond acceptors (Lipinski definition) is 4. The van der Waals surface area contributed by atoms with Crippen molar-refractivity contribution in [2.24, 2.45) is 5.92 Å². The van der Waals surface area contributed by atoms with Crippen molar-refractivity contribution in [3.8, 4) is 0 Å². The average Bonchev–Trinajstić information content (AvgIpc) is 2.76. The Labute approximate surface area is 116 Å². The van der Waals surface area contributed by atoms with Gasteiger partial charge >= 0.3 is 0 Å². The van der Waals surface area contributed by atoms with Crippen LogP contribution in [0.15, 0.2) is 6.33 Å². The van der Waals surface area contributed by atoms with Gasteiger partial charge < -0.3 is 5.32 Å². The summed E-state index contributed by atoms with van der Waals surface area (Å²) >= 11 is 0. The molecule has 1 aliphatic rings. The fourth-order valence-electron chi connectivity index (χ4n) is 2.84. The van der Waals surface area contributed by atoms with Crippen LogP contribution in [0.4, 0.5) is 0 Å². The molecule has 0 aliphatic carbocycles. The van der Waals surface area contributed by atoms with E-state index in [0.717, 1.165) is 25.5 Å². The lowest BCUT2D eigenvalue weighted by atomic mass is 9.99. The van der Waals surface area contributed by atoms with Gasteiger partial charge in [-0.25, -0.2) is 9.67 Å². The lowest BCUT2D eigenvalue weighted by molar-refractivity contribution is 0.0909. The molecule has 5 heteroatoms. The minimum Gasteiger partial charge on any atom is -0.311 e. The molecule has 108 valence electrons. The predicted octanol–water partition coefficient (Wildman–Crippen LogP) is 1.68. The minimum absolute atomic E-state index is 0.371. The minimum atomic E-state index is 0.371. The Morgan fingerprint density at radius 3 is 2.74 bits per heavy atom. The maximum Gasteiger partial charge on any atom is 0.141 e. The highest BCUT2D eigenvalue weighted by Crippen LogP contribution is 2.18. The number of nitrogens with one attached hydrogen (secondary N) is 1. The van der Waals surface area contributed by atoms with Crippen molar-refractivity contribution in [1.82, 2.24) is 25.0 Å². The van der Waals surface area contributed by atoms with Gasteiger partial charge in [0.15, 0.2) is 0 Å². The molecular weight excluding hydrogens is 238 g/mol. The molecule has 0 spiro atoms. The zero-order valence-corrected chi connectivity index (χ0v) is 12.8. The Balaban J connectivity index is 2.12. The third-order valence-electron chi connectivity index (χ3n) is 3.90. The van der Waals surface area contributed by atoms with E-state index in [9.17, 15) is 0 Å². The summed E-state index contributed by atoms with van der Waals surface area (Å²) in [6, 6.07) is 1.49. The lowest BCUT2D eigenvalue weighted by Crippen LogP contribution is -2.57. The van der Waals surface area contributed by atoms with E-state index in [2.05, 4.69) is 54.9 Å². The SMILES string of the molecule is CC1CN(Cc2ncnn2C(C)C)C(C(C)C)CN1. The molecule has 0 bridgehead atoms. The molecule has 1 N–H and O–H groups in total. The van der Waals surface area contributed by atoms with Gasteiger partial charge in [-0.15, -0.1) is 0 Å². The van der Waals surface area contributed by atoms with Crippen LogP contribution >= 0.6 is 0 Å². The van der Waals surface area contributed by atoms with Crippen molar-refractivity contribution >= 4 is 0 Å². The molecule has 0 aromatic carbocycles. The van der Waals surface area contributed by atoms with Crippen LogP contribution in [0.25, 0.3) is 0 Å². The van der Waals surface area contributed by atoms with Crippen molar-refractivity contribution < 1.29 is 0 Å². The molecule has 2 rings (SSSR count). The third kappa shape index (κ3) is 3.34. The molecule has 1 aliphatic heterocycles. The number of piperazine rings is 1. The molecule has 1 fully saturated rings. The quantitative estimate of drug-likeness (QED) is 0.899. The first-order chi connectivity index (χ1) is 8.99. The molecule has 2 atom stereocenters. The van der Waals surface area contributed by atoms with Gasteiger partial charge in [0.2, 0.25) is 0 Å². The standard InChI is InChI=1S/C14H27N5/c1-10(2)13-6-15-12(5)7-18(13)8-14-16-9-17-19(14)11(3)4/h9-13,15H,6-8H2,1-5H3. The van der Waals surface area contributed by atoms with E-state index in [4.69, 9.17) is 0 Å². The molecule has 1 saturated heterocycles. The van der Waals surface area contributed by atoms with Gasteiger partial charge in [-0.3, -0.25) is 4.90 Å². The summed E-state index contributed by atoms with van der Waals surface area (Å²) in [6.45, 7) is 14.2. The third-order valence-corrected chi connectivity index (χ3v) is 3.90. The van der Waals surface area contributed by atoms with Gasteiger partial charge in [-0.1, -0.05) is 13.8 Å². The highest BCUT2D eigenvalue weighted by molar-refractivity contribution is 4.92. The maximum absolute atomic E-state index is 4.44. The average molecular weight is 265 g/mol. The number of rotatable bonds is 4. The van der Waals surface area contributed by atoms with E-state index in [1.165, 1.54) is 0 Å². The predicted molar refractivity (Wildman–Crippen MR) is 76.9 cm³/mol. The van der Waals surface area contributed by atoms with Crippen LogP contribution in [-0.2, 0) is 6.54 Å². The highest BCUT2D eigenvalue weighted by Gasteiger charge is 2.29. The molecule has 1 aromatic rings. The summed E-state index contributed by atoms with van der Waals surface area (Å²) in [4.78, 5) is 6.99. The summed E-state index contributed by atoms with van der Waals surface area (Å²) in [5.74, 6) is 1.73. The Hall–Kier alpha value is -0.940. The van der Waals surface area contributed by atoms with Crippen LogP contribution in [0.3, 0.4) is 0 Å². The fraction of sp³-hybridized carbons (Fsp3) is 0.857. The summed E-state index contributed by atoms with van der Waals surface area (Å²) in [5.41, 5.74) is 0. The first-order valence-corrected chi connectivity index (χ1v) is 7.34. The normalized spacial score (nSPS) is 25.4. The largest absolute Gasteiger partial charge is 0.311 e. The van der Waals surface area contributed by atoms with E-state index < -0.39 is 0 Å². The maximum atomic E-state index is 4.44. The number of hydrogen-bond donors (Lipinski definition) is 1. The topological polar surface area (TPSA) is 46.0 Å². The van der Waals surface area contributed by atoms with E-state index in [1.807, 2.05) is 4.68 Å². The van der Waals surface area contributed by atoms with Crippen LogP contribution < -0.4 is 5.32 Å². The molecule has 19 heavy (non-hydrogen) atoms. The summed E-state index contributed by atoms with van der Waals surface area (Å²) in [6.07, 6.45) is 1.67. The Bertz CT molecular complexity index is 398. The highest BCUT2D eigenvalue weighted by atomic mass is 15.4. The van der Waals surface area contributed by atoms with Crippen molar-refractivity contribution in [3.63, 3.8) is 0 Å². The van der Waals surface area contributed by atoms with E-state index in [1.54, 1.807) is 6.33 Å². The van der Waals surface area contributed by atoms with Gasteiger partial charge in [0.05, 0.1) is 6.54 Å². The zero-order valence-electron chi connectivity index (χ0n) is 12.8. The van der Waals surface area contributed by atoms with Crippen LogP contribution in [0, 0.1) is 5.92 Å². The van der Waals surface area contributed by atoms with Gasteiger partial charge in [-0.05, 0) is 26.7 Å². The smallest absolute Gasteiger partial charge is 0.141 e. The van der Waals surface area contributed by atoms with E-state index in [0.29, 0.717) is 24.0 Å². The van der Waals surface area contributed by atoms with Crippen molar-refractivity contribution in [1.29, 1.82) is 0 Å². The van der Waals surface area contributed by atoms with Gasteiger partial charge in [0.1, 0.15) is 12.2 Å². The first-order valence-electron chi connectivity index (χ1n) is 7.34. The Kier molecular flexibility index (Phi) is 4.58. The zero-order chi connectivity index (χ0) is 14.0. The first kappa shape index (κ1) is 14.5. The number of aromatic nitrogens is 3. The Morgan fingerprint density at radius 2 is 2.11 bits per heavy atom. The lowest BCUT2D eigenvalue weighted by Gasteiger charge is -2.41. The molecule has 0 saturated carbocycles. The molecule has 5 nitrogen and oxygen atoms in total. The summed E-state index contributed by atoms with van der Waals surface area (Å²) in [7, 11) is 0. The molecule has 0 radical (unpaired) electrons. The molecule has 2 heterocycles. The van der Waals surface area contributed by atoms with Crippen LogP contribution in [0.5, 0.6) is 0 Å².